The van der Waals surface area contributed by atoms with E-state index in [1.54, 1.807) is 6.20 Å². The van der Waals surface area contributed by atoms with Gasteiger partial charge < -0.3 is 4.74 Å². The van der Waals surface area contributed by atoms with Crippen molar-refractivity contribution in [1.82, 2.24) is 14.6 Å². The Labute approximate surface area is 103 Å². The number of ether oxygens (including phenoxy) is 1. The van der Waals surface area contributed by atoms with Crippen LogP contribution >= 0.6 is 15.9 Å². The Morgan fingerprint density at radius 1 is 1.47 bits per heavy atom. The predicted molar refractivity (Wildman–Crippen MR) is 56.8 cm³/mol. The molecular weight excluding hydrogens is 303 g/mol. The number of fused-ring (bicyclic) bond motifs is 1. The van der Waals surface area contributed by atoms with E-state index in [1.165, 1.54) is 16.6 Å². The second-order valence-corrected chi connectivity index (χ2v) is 4.03. The van der Waals surface area contributed by atoms with Crippen molar-refractivity contribution in [2.24, 2.45) is 0 Å². The van der Waals surface area contributed by atoms with Gasteiger partial charge in [0.1, 0.15) is 0 Å². The largest absolute Gasteiger partial charge is 0.477 e. The molecule has 0 aliphatic heterocycles. The van der Waals surface area contributed by atoms with Crippen LogP contribution in [-0.2, 0) is 0 Å². The first-order valence-electron chi connectivity index (χ1n) is 4.62. The zero-order valence-electron chi connectivity index (χ0n) is 8.57. The Morgan fingerprint density at radius 3 is 2.82 bits per heavy atom. The van der Waals surface area contributed by atoms with E-state index in [-0.39, 0.29) is 16.1 Å². The van der Waals surface area contributed by atoms with Crippen LogP contribution in [0, 0.1) is 0 Å². The van der Waals surface area contributed by atoms with Gasteiger partial charge in [0.2, 0.25) is 4.73 Å². The smallest absolute Gasteiger partial charge is 0.425 e. The van der Waals surface area contributed by atoms with Crippen LogP contribution in [0.15, 0.2) is 23.1 Å². The molecule has 0 fully saturated rings. The fraction of sp³-hybridized carbons (Fsp3) is 0.333. The molecule has 0 radical (unpaired) electrons. The summed E-state index contributed by atoms with van der Waals surface area (Å²) in [5.41, 5.74) is 0.232. The fourth-order valence-corrected chi connectivity index (χ4v) is 1.54. The second kappa shape index (κ2) is 4.17. The van der Waals surface area contributed by atoms with Crippen LogP contribution in [0.2, 0.25) is 0 Å². The average molecular weight is 310 g/mol. The van der Waals surface area contributed by atoms with Crippen molar-refractivity contribution in [2.45, 2.75) is 19.2 Å². The van der Waals surface area contributed by atoms with E-state index in [4.69, 9.17) is 4.74 Å². The van der Waals surface area contributed by atoms with Gasteiger partial charge in [0.05, 0.1) is 0 Å². The normalized spacial score (nSPS) is 13.9. The first-order valence-corrected chi connectivity index (χ1v) is 5.41. The van der Waals surface area contributed by atoms with Crippen molar-refractivity contribution in [3.8, 4) is 5.75 Å². The number of nitrogens with zero attached hydrogens (tertiary/aromatic N) is 3. The predicted octanol–water partition coefficient (Wildman–Crippen LogP) is 2.82. The maximum absolute atomic E-state index is 12.4. The molecule has 0 amide bonds. The second-order valence-electron chi connectivity index (χ2n) is 3.32. The number of aromatic nitrogens is 3. The average Bonchev–Trinajstić information content (AvgIpc) is 2.58. The molecule has 0 aromatic carbocycles. The van der Waals surface area contributed by atoms with E-state index in [2.05, 4.69) is 26.0 Å². The lowest BCUT2D eigenvalue weighted by Gasteiger charge is -2.17. The number of hydrogen-bond donors (Lipinski definition) is 0. The Bertz CT molecular complexity index is 540. The molecule has 92 valence electrons. The third-order valence-electron chi connectivity index (χ3n) is 2.07. The van der Waals surface area contributed by atoms with Crippen LogP contribution in [0.3, 0.4) is 0 Å². The van der Waals surface area contributed by atoms with Gasteiger partial charge in [-0.1, -0.05) is 0 Å². The molecule has 0 N–H and O–H groups in total. The summed E-state index contributed by atoms with van der Waals surface area (Å²) in [6.07, 6.45) is -4.74. The Morgan fingerprint density at radius 2 is 2.18 bits per heavy atom. The summed E-state index contributed by atoms with van der Waals surface area (Å²) in [6, 6.07) is 2.95. The molecule has 8 heteroatoms. The lowest BCUT2D eigenvalue weighted by Crippen LogP contribution is -2.31. The van der Waals surface area contributed by atoms with Crippen molar-refractivity contribution in [1.29, 1.82) is 0 Å². The summed E-state index contributed by atoms with van der Waals surface area (Å²) in [6.45, 7) is 0.939. The van der Waals surface area contributed by atoms with E-state index in [9.17, 15) is 13.2 Å². The molecule has 1 atom stereocenters. The lowest BCUT2D eigenvalue weighted by atomic mass is 10.4. The number of rotatable bonds is 2. The maximum Gasteiger partial charge on any atom is 0.425 e. The Balaban J connectivity index is 2.36. The van der Waals surface area contributed by atoms with Gasteiger partial charge >= 0.3 is 6.18 Å². The molecule has 0 spiro atoms. The van der Waals surface area contributed by atoms with Gasteiger partial charge in [-0.2, -0.15) is 18.2 Å². The molecule has 0 aliphatic carbocycles. The van der Waals surface area contributed by atoms with Gasteiger partial charge in [0.25, 0.3) is 0 Å². The minimum Gasteiger partial charge on any atom is -0.477 e. The van der Waals surface area contributed by atoms with Crippen molar-refractivity contribution in [3.63, 3.8) is 0 Å². The minimum absolute atomic E-state index is 0.0375. The summed E-state index contributed by atoms with van der Waals surface area (Å²) < 4.78 is 43.5. The number of alkyl halides is 3. The summed E-state index contributed by atoms with van der Waals surface area (Å²) in [5, 5.41) is 3.90. The quantitative estimate of drug-likeness (QED) is 0.856. The van der Waals surface area contributed by atoms with Crippen LogP contribution in [0.25, 0.3) is 5.65 Å². The van der Waals surface area contributed by atoms with Gasteiger partial charge in [-0.25, -0.2) is 4.52 Å². The summed E-state index contributed by atoms with van der Waals surface area (Å²) in [5.74, 6) is 0.0375. The molecule has 17 heavy (non-hydrogen) atoms. The highest BCUT2D eigenvalue weighted by Crippen LogP contribution is 2.27. The van der Waals surface area contributed by atoms with Crippen molar-refractivity contribution >= 4 is 21.6 Å². The first kappa shape index (κ1) is 12.2. The molecule has 0 aliphatic rings. The Kier molecular flexibility index (Phi) is 2.98. The number of hydrogen-bond acceptors (Lipinski definition) is 3. The lowest BCUT2D eigenvalue weighted by molar-refractivity contribution is -0.189. The molecule has 2 rings (SSSR count). The summed E-state index contributed by atoms with van der Waals surface area (Å²) >= 11 is 3.04. The van der Waals surface area contributed by atoms with Crippen molar-refractivity contribution in [3.05, 3.63) is 23.1 Å². The summed E-state index contributed by atoms with van der Waals surface area (Å²) in [7, 11) is 0. The maximum atomic E-state index is 12.4. The van der Waals surface area contributed by atoms with E-state index in [0.29, 0.717) is 0 Å². The topological polar surface area (TPSA) is 39.4 Å². The zero-order valence-corrected chi connectivity index (χ0v) is 10.2. The molecule has 0 bridgehead atoms. The molecule has 2 heterocycles. The SMILES string of the molecule is CC(Oc1cccn2nc(Br)nc12)C(F)(F)F. The molecule has 1 unspecified atom stereocenters. The highest BCUT2D eigenvalue weighted by Gasteiger charge is 2.38. The van der Waals surface area contributed by atoms with Gasteiger partial charge in [-0.3, -0.25) is 0 Å². The minimum atomic E-state index is -4.41. The highest BCUT2D eigenvalue weighted by molar-refractivity contribution is 9.10. The fourth-order valence-electron chi connectivity index (χ4n) is 1.20. The van der Waals surface area contributed by atoms with Crippen LogP contribution < -0.4 is 4.74 Å². The molecular formula is C9H7BrF3N3O. The first-order chi connectivity index (χ1) is 7.88. The molecule has 0 saturated carbocycles. The van der Waals surface area contributed by atoms with Crippen molar-refractivity contribution in [2.75, 3.05) is 0 Å². The molecule has 4 nitrogen and oxygen atoms in total. The summed E-state index contributed by atoms with van der Waals surface area (Å²) in [4.78, 5) is 3.92. The van der Waals surface area contributed by atoms with Gasteiger partial charge in [-0.05, 0) is 35.0 Å². The van der Waals surface area contributed by atoms with E-state index >= 15 is 0 Å². The van der Waals surface area contributed by atoms with Gasteiger partial charge in [0.15, 0.2) is 17.5 Å². The van der Waals surface area contributed by atoms with Crippen LogP contribution in [0.5, 0.6) is 5.75 Å². The van der Waals surface area contributed by atoms with E-state index < -0.39 is 12.3 Å². The third-order valence-corrected chi connectivity index (χ3v) is 2.40. The van der Waals surface area contributed by atoms with Gasteiger partial charge in [0, 0.05) is 6.20 Å². The van der Waals surface area contributed by atoms with E-state index in [1.807, 2.05) is 0 Å². The zero-order chi connectivity index (χ0) is 12.6. The van der Waals surface area contributed by atoms with Crippen LogP contribution in [0.1, 0.15) is 6.92 Å². The Hall–Kier alpha value is -1.31. The molecule has 2 aromatic heterocycles. The highest BCUT2D eigenvalue weighted by atomic mass is 79.9. The number of halogens is 4. The van der Waals surface area contributed by atoms with E-state index in [0.717, 1.165) is 6.92 Å². The monoisotopic (exact) mass is 309 g/mol. The molecule has 0 saturated heterocycles. The molecule has 2 aromatic rings. The standard InChI is InChI=1S/C9H7BrF3N3O/c1-5(9(11,12)13)17-6-3-2-4-16-7(6)14-8(10)15-16/h2-5H,1H3. The van der Waals surface area contributed by atoms with Crippen LogP contribution in [0.4, 0.5) is 13.2 Å². The number of pyridine rings is 1. The van der Waals surface area contributed by atoms with Gasteiger partial charge in [-0.15, -0.1) is 5.10 Å². The van der Waals surface area contributed by atoms with Crippen molar-refractivity contribution < 1.29 is 17.9 Å². The third kappa shape index (κ3) is 2.51. The van der Waals surface area contributed by atoms with Crippen LogP contribution in [-0.4, -0.2) is 26.9 Å².